The third-order valence-corrected chi connectivity index (χ3v) is 3.75. The molecule has 1 aromatic heterocycles. The van der Waals surface area contributed by atoms with E-state index >= 15 is 0 Å². The Kier molecular flexibility index (Phi) is 2.06. The van der Waals surface area contributed by atoms with Gasteiger partial charge in [0.2, 0.25) is 0 Å². The molecule has 2 aromatic rings. The molecule has 1 nitrogen and oxygen atoms in total. The van der Waals surface area contributed by atoms with Crippen molar-refractivity contribution in [1.29, 1.82) is 0 Å². The van der Waals surface area contributed by atoms with E-state index < -0.39 is 0 Å². The first-order valence-corrected chi connectivity index (χ1v) is 5.40. The normalized spacial score (nSPS) is 10.8. The zero-order valence-corrected chi connectivity index (χ0v) is 9.34. The number of nitrogen functional groups attached to an aromatic ring is 1. The van der Waals surface area contributed by atoms with Gasteiger partial charge in [-0.05, 0) is 33.4 Å². The second-order valence-electron chi connectivity index (χ2n) is 2.47. The number of thiol groups is 1. The summed E-state index contributed by atoms with van der Waals surface area (Å²) in [6, 6.07) is 6.00. The fraction of sp³-hybridized carbons (Fsp3) is 0. The number of benzene rings is 1. The Morgan fingerprint density at radius 2 is 2.17 bits per heavy atom. The topological polar surface area (TPSA) is 26.0 Å². The van der Waals surface area contributed by atoms with Gasteiger partial charge in [-0.2, -0.15) is 0 Å². The summed E-state index contributed by atoms with van der Waals surface area (Å²) >= 11 is 9.31. The molecule has 0 atom stereocenters. The predicted molar refractivity (Wildman–Crippen MR) is 61.2 cm³/mol. The third-order valence-electron chi connectivity index (χ3n) is 1.67. The first-order chi connectivity index (χ1) is 5.68. The fourth-order valence-corrected chi connectivity index (χ4v) is 2.92. The lowest BCUT2D eigenvalue weighted by Crippen LogP contribution is -1.85. The quantitative estimate of drug-likeness (QED) is 0.550. The van der Waals surface area contributed by atoms with Gasteiger partial charge in [0.05, 0.1) is 14.2 Å². The standard InChI is InChI=1S/C8H6BrNS2/c9-6-3-4-1-2-5(11)7(10)8(4)12-6/h1-3,11H,10H2. The molecule has 0 saturated heterocycles. The molecule has 0 bridgehead atoms. The van der Waals surface area contributed by atoms with Gasteiger partial charge in [-0.1, -0.05) is 6.07 Å². The average Bonchev–Trinajstić information content (AvgIpc) is 2.39. The van der Waals surface area contributed by atoms with Crippen LogP contribution in [-0.2, 0) is 0 Å². The van der Waals surface area contributed by atoms with Gasteiger partial charge >= 0.3 is 0 Å². The van der Waals surface area contributed by atoms with Crippen molar-refractivity contribution >= 4 is 55.7 Å². The highest BCUT2D eigenvalue weighted by Gasteiger charge is 2.04. The lowest BCUT2D eigenvalue weighted by Gasteiger charge is -1.98. The summed E-state index contributed by atoms with van der Waals surface area (Å²) in [7, 11) is 0. The molecule has 62 valence electrons. The van der Waals surface area contributed by atoms with Crippen LogP contribution in [0, 0.1) is 0 Å². The van der Waals surface area contributed by atoms with Gasteiger partial charge in [-0.25, -0.2) is 0 Å². The molecule has 1 aromatic carbocycles. The van der Waals surface area contributed by atoms with Crippen molar-refractivity contribution in [2.75, 3.05) is 5.73 Å². The Morgan fingerprint density at radius 1 is 1.42 bits per heavy atom. The number of fused-ring (bicyclic) bond motifs is 1. The van der Waals surface area contributed by atoms with Crippen LogP contribution in [0.1, 0.15) is 0 Å². The van der Waals surface area contributed by atoms with E-state index in [0.29, 0.717) is 0 Å². The zero-order chi connectivity index (χ0) is 8.72. The minimum Gasteiger partial charge on any atom is -0.397 e. The summed E-state index contributed by atoms with van der Waals surface area (Å²) in [5.74, 6) is 0. The Hall–Kier alpha value is -0.190. The largest absolute Gasteiger partial charge is 0.397 e. The summed E-state index contributed by atoms with van der Waals surface area (Å²) in [5.41, 5.74) is 6.61. The molecule has 0 unspecified atom stereocenters. The van der Waals surface area contributed by atoms with Crippen molar-refractivity contribution in [1.82, 2.24) is 0 Å². The maximum absolute atomic E-state index is 5.84. The molecular weight excluding hydrogens is 254 g/mol. The van der Waals surface area contributed by atoms with Crippen LogP contribution in [0.25, 0.3) is 10.1 Å². The Labute approximate surface area is 88.1 Å². The van der Waals surface area contributed by atoms with Gasteiger partial charge in [0, 0.05) is 4.90 Å². The summed E-state index contributed by atoms with van der Waals surface area (Å²) in [5, 5.41) is 1.17. The summed E-state index contributed by atoms with van der Waals surface area (Å²) in [6.45, 7) is 0. The van der Waals surface area contributed by atoms with Gasteiger partial charge in [0.15, 0.2) is 0 Å². The van der Waals surface area contributed by atoms with E-state index in [1.165, 1.54) is 5.39 Å². The molecule has 0 aliphatic heterocycles. The number of anilines is 1. The monoisotopic (exact) mass is 259 g/mol. The number of hydrogen-bond donors (Lipinski definition) is 2. The molecule has 2 N–H and O–H groups in total. The molecule has 4 heteroatoms. The minimum absolute atomic E-state index is 0.770. The van der Waals surface area contributed by atoms with Crippen molar-refractivity contribution in [3.05, 3.63) is 22.0 Å². The van der Waals surface area contributed by atoms with Crippen LogP contribution >= 0.6 is 39.9 Å². The lowest BCUT2D eigenvalue weighted by molar-refractivity contribution is 1.54. The molecule has 0 spiro atoms. The number of halogens is 1. The van der Waals surface area contributed by atoms with E-state index in [1.807, 2.05) is 12.1 Å². The van der Waals surface area contributed by atoms with Gasteiger partial charge in [-0.3, -0.25) is 0 Å². The second kappa shape index (κ2) is 2.94. The Morgan fingerprint density at radius 3 is 2.92 bits per heavy atom. The molecule has 0 amide bonds. The first kappa shape index (κ1) is 8.41. The molecule has 2 rings (SSSR count). The fourth-order valence-electron chi connectivity index (χ4n) is 1.08. The number of hydrogen-bond acceptors (Lipinski definition) is 3. The van der Waals surface area contributed by atoms with E-state index in [4.69, 9.17) is 5.73 Å². The van der Waals surface area contributed by atoms with E-state index in [2.05, 4.69) is 34.6 Å². The third kappa shape index (κ3) is 1.24. The summed E-state index contributed by atoms with van der Waals surface area (Å²) < 4.78 is 2.21. The van der Waals surface area contributed by atoms with Crippen LogP contribution in [0.15, 0.2) is 26.9 Å². The van der Waals surface area contributed by atoms with E-state index in [1.54, 1.807) is 11.3 Å². The maximum atomic E-state index is 5.84. The van der Waals surface area contributed by atoms with E-state index in [9.17, 15) is 0 Å². The zero-order valence-electron chi connectivity index (χ0n) is 6.04. The number of nitrogens with two attached hydrogens (primary N) is 1. The lowest BCUT2D eigenvalue weighted by atomic mass is 10.2. The summed E-state index contributed by atoms with van der Waals surface area (Å²) in [6.07, 6.45) is 0. The van der Waals surface area contributed by atoms with E-state index in [0.717, 1.165) is 19.1 Å². The highest BCUT2D eigenvalue weighted by Crippen LogP contribution is 2.36. The molecule has 1 heterocycles. The molecule has 0 aliphatic rings. The number of rotatable bonds is 0. The molecule has 0 aliphatic carbocycles. The summed E-state index contributed by atoms with van der Waals surface area (Å²) in [4.78, 5) is 0.844. The van der Waals surface area contributed by atoms with E-state index in [-0.39, 0.29) is 0 Å². The van der Waals surface area contributed by atoms with Crippen LogP contribution in [0.5, 0.6) is 0 Å². The van der Waals surface area contributed by atoms with Gasteiger partial charge in [0.25, 0.3) is 0 Å². The van der Waals surface area contributed by atoms with Crippen molar-refractivity contribution in [3.63, 3.8) is 0 Å². The molecule has 0 saturated carbocycles. The maximum Gasteiger partial charge on any atom is 0.0711 e. The average molecular weight is 260 g/mol. The van der Waals surface area contributed by atoms with Gasteiger partial charge in [-0.15, -0.1) is 24.0 Å². The molecular formula is C8H6BrNS2. The highest BCUT2D eigenvalue weighted by atomic mass is 79.9. The Bertz CT molecular complexity index is 436. The van der Waals surface area contributed by atoms with Crippen molar-refractivity contribution in [3.8, 4) is 0 Å². The van der Waals surface area contributed by atoms with Crippen LogP contribution in [0.3, 0.4) is 0 Å². The predicted octanol–water partition coefficient (Wildman–Crippen LogP) is 3.53. The van der Waals surface area contributed by atoms with Crippen LogP contribution in [0.2, 0.25) is 0 Å². The molecule has 0 radical (unpaired) electrons. The second-order valence-corrected chi connectivity index (χ2v) is 5.38. The SMILES string of the molecule is Nc1c(S)ccc2cc(Br)sc12. The number of thiophene rings is 1. The van der Waals surface area contributed by atoms with Crippen molar-refractivity contribution in [2.45, 2.75) is 4.90 Å². The minimum atomic E-state index is 0.770. The van der Waals surface area contributed by atoms with Gasteiger partial charge < -0.3 is 5.73 Å². The molecule has 0 fully saturated rings. The van der Waals surface area contributed by atoms with Crippen molar-refractivity contribution in [2.24, 2.45) is 0 Å². The van der Waals surface area contributed by atoms with Crippen molar-refractivity contribution < 1.29 is 0 Å². The van der Waals surface area contributed by atoms with Crippen LogP contribution < -0.4 is 5.73 Å². The molecule has 12 heavy (non-hydrogen) atoms. The van der Waals surface area contributed by atoms with Crippen LogP contribution in [0.4, 0.5) is 5.69 Å². The first-order valence-electron chi connectivity index (χ1n) is 3.35. The van der Waals surface area contributed by atoms with Gasteiger partial charge in [0.1, 0.15) is 0 Å². The highest BCUT2D eigenvalue weighted by molar-refractivity contribution is 9.11. The van der Waals surface area contributed by atoms with Crippen LogP contribution in [-0.4, -0.2) is 0 Å². The Balaban J connectivity index is 2.89. The smallest absolute Gasteiger partial charge is 0.0711 e.